The zero-order valence-electron chi connectivity index (χ0n) is 7.19. The largest absolute Gasteiger partial charge is 0.308 e. The monoisotopic (exact) mass is 215 g/mol. The van der Waals surface area contributed by atoms with Gasteiger partial charge in [-0.25, -0.2) is 0 Å². The Morgan fingerprint density at radius 1 is 1.46 bits per heavy atom. The van der Waals surface area contributed by atoms with Gasteiger partial charge in [0.15, 0.2) is 0 Å². The molecule has 0 spiro atoms. The van der Waals surface area contributed by atoms with Crippen LogP contribution in [-0.2, 0) is 6.54 Å². The number of hydrogen-bond acceptors (Lipinski definition) is 1. The molecule has 1 aromatic carbocycles. The molecule has 0 aliphatic carbocycles. The second-order valence-corrected chi connectivity index (χ2v) is 3.72. The summed E-state index contributed by atoms with van der Waals surface area (Å²) in [6.07, 6.45) is 0. The first-order valence-corrected chi connectivity index (χ1v) is 4.72. The second-order valence-electron chi connectivity index (χ2n) is 2.75. The summed E-state index contributed by atoms with van der Waals surface area (Å²) in [5, 5.41) is 4.50. The van der Waals surface area contributed by atoms with E-state index in [0.29, 0.717) is 11.6 Å². The molecule has 0 saturated carbocycles. The van der Waals surface area contributed by atoms with Gasteiger partial charge in [-0.15, -0.1) is 0 Å². The molecule has 70 valence electrons. The molecule has 0 aromatic heterocycles. The highest BCUT2D eigenvalue weighted by atomic mass is 35.5. The Kier molecular flexibility index (Phi) is 4.29. The molecule has 1 N–H and O–H groups in total. The summed E-state index contributed by atoms with van der Waals surface area (Å²) in [6.45, 7) is 4.96. The van der Waals surface area contributed by atoms with Gasteiger partial charge in [-0.1, -0.05) is 41.9 Å². The maximum atomic E-state index is 5.81. The van der Waals surface area contributed by atoms with E-state index in [-0.39, 0.29) is 0 Å². The van der Waals surface area contributed by atoms with Crippen LogP contribution in [0.2, 0.25) is 5.02 Å². The normalized spacial score (nSPS) is 10.0. The lowest BCUT2D eigenvalue weighted by Gasteiger charge is -2.03. The van der Waals surface area contributed by atoms with Crippen molar-refractivity contribution in [1.82, 2.24) is 5.32 Å². The predicted molar refractivity (Wildman–Crippen MR) is 58.2 cm³/mol. The molecule has 0 amide bonds. The molecule has 0 unspecified atom stereocenters. The van der Waals surface area contributed by atoms with E-state index in [9.17, 15) is 0 Å². The van der Waals surface area contributed by atoms with Crippen molar-refractivity contribution in [2.45, 2.75) is 6.54 Å². The molecule has 0 saturated heterocycles. The van der Waals surface area contributed by atoms with Crippen LogP contribution in [0.5, 0.6) is 0 Å². The highest BCUT2D eigenvalue weighted by Gasteiger charge is 1.93. The first kappa shape index (κ1) is 10.6. The minimum Gasteiger partial charge on any atom is -0.308 e. The minimum atomic E-state index is 0.613. The van der Waals surface area contributed by atoms with Gasteiger partial charge in [0.25, 0.3) is 0 Å². The molecule has 13 heavy (non-hydrogen) atoms. The Balaban J connectivity index is 2.41. The van der Waals surface area contributed by atoms with Gasteiger partial charge in [-0.05, 0) is 17.7 Å². The zero-order chi connectivity index (χ0) is 9.68. The smallest absolute Gasteiger partial charge is 0.0409 e. The summed E-state index contributed by atoms with van der Waals surface area (Å²) in [5.41, 5.74) is 1.14. The van der Waals surface area contributed by atoms with E-state index < -0.39 is 0 Å². The van der Waals surface area contributed by atoms with Crippen LogP contribution in [0, 0.1) is 0 Å². The van der Waals surface area contributed by atoms with Gasteiger partial charge in [0.1, 0.15) is 0 Å². The van der Waals surface area contributed by atoms with Crippen LogP contribution in [0.15, 0.2) is 35.9 Å². The van der Waals surface area contributed by atoms with E-state index in [4.69, 9.17) is 23.2 Å². The van der Waals surface area contributed by atoms with Crippen LogP contribution in [0.4, 0.5) is 0 Å². The highest BCUT2D eigenvalue weighted by Crippen LogP contribution is 2.10. The van der Waals surface area contributed by atoms with E-state index in [1.54, 1.807) is 0 Å². The summed E-state index contributed by atoms with van der Waals surface area (Å²) in [5.74, 6) is 0. The number of rotatable bonds is 4. The average molecular weight is 216 g/mol. The fourth-order valence-corrected chi connectivity index (χ4v) is 1.30. The van der Waals surface area contributed by atoms with Crippen molar-refractivity contribution >= 4 is 23.2 Å². The third kappa shape index (κ3) is 4.32. The number of halogens is 2. The molecule has 1 rings (SSSR count). The summed E-state index contributed by atoms with van der Waals surface area (Å²) in [6, 6.07) is 7.71. The summed E-state index contributed by atoms with van der Waals surface area (Å²) < 4.78 is 0. The average Bonchev–Trinajstić information content (AvgIpc) is 2.03. The Labute approximate surface area is 88.4 Å². The molecule has 0 bridgehead atoms. The number of hydrogen-bond donors (Lipinski definition) is 1. The summed E-state index contributed by atoms with van der Waals surface area (Å²) in [7, 11) is 0. The number of nitrogens with one attached hydrogen (secondary N) is 1. The lowest BCUT2D eigenvalue weighted by Crippen LogP contribution is -2.14. The Morgan fingerprint density at radius 2 is 2.23 bits per heavy atom. The van der Waals surface area contributed by atoms with Gasteiger partial charge in [-0.3, -0.25) is 0 Å². The van der Waals surface area contributed by atoms with E-state index in [1.807, 2.05) is 24.3 Å². The van der Waals surface area contributed by atoms with Gasteiger partial charge in [0.05, 0.1) is 0 Å². The summed E-state index contributed by atoms with van der Waals surface area (Å²) >= 11 is 11.4. The zero-order valence-corrected chi connectivity index (χ0v) is 8.70. The second kappa shape index (κ2) is 5.28. The molecular weight excluding hydrogens is 205 g/mol. The highest BCUT2D eigenvalue weighted by molar-refractivity contribution is 6.30. The minimum absolute atomic E-state index is 0.613. The predicted octanol–water partition coefficient (Wildman–Crippen LogP) is 3.18. The molecule has 3 heteroatoms. The molecule has 0 aliphatic rings. The van der Waals surface area contributed by atoms with Crippen molar-refractivity contribution in [3.05, 3.63) is 46.5 Å². The Hall–Kier alpha value is -0.500. The third-order valence-corrected chi connectivity index (χ3v) is 1.90. The van der Waals surface area contributed by atoms with Crippen LogP contribution in [-0.4, -0.2) is 6.54 Å². The van der Waals surface area contributed by atoms with E-state index in [2.05, 4.69) is 11.9 Å². The maximum Gasteiger partial charge on any atom is 0.0409 e. The van der Waals surface area contributed by atoms with Gasteiger partial charge in [-0.2, -0.15) is 0 Å². The Bertz CT molecular complexity index is 297. The quantitative estimate of drug-likeness (QED) is 0.814. The molecule has 1 aromatic rings. The molecule has 1 nitrogen and oxygen atoms in total. The first-order valence-electron chi connectivity index (χ1n) is 3.97. The summed E-state index contributed by atoms with van der Waals surface area (Å²) in [4.78, 5) is 0. The van der Waals surface area contributed by atoms with Crippen molar-refractivity contribution in [1.29, 1.82) is 0 Å². The Morgan fingerprint density at radius 3 is 2.85 bits per heavy atom. The molecule has 0 heterocycles. The van der Waals surface area contributed by atoms with E-state index >= 15 is 0 Å². The topological polar surface area (TPSA) is 12.0 Å². The van der Waals surface area contributed by atoms with Crippen LogP contribution >= 0.6 is 23.2 Å². The van der Waals surface area contributed by atoms with Crippen molar-refractivity contribution in [2.75, 3.05) is 6.54 Å². The van der Waals surface area contributed by atoms with Crippen LogP contribution in [0.3, 0.4) is 0 Å². The van der Waals surface area contributed by atoms with Gasteiger partial charge < -0.3 is 5.32 Å². The van der Waals surface area contributed by atoms with E-state index in [0.717, 1.165) is 17.1 Å². The van der Waals surface area contributed by atoms with E-state index in [1.165, 1.54) is 0 Å². The third-order valence-electron chi connectivity index (χ3n) is 1.53. The maximum absolute atomic E-state index is 5.81. The van der Waals surface area contributed by atoms with Crippen molar-refractivity contribution in [3.8, 4) is 0 Å². The van der Waals surface area contributed by atoms with Gasteiger partial charge >= 0.3 is 0 Å². The number of benzene rings is 1. The standard InChI is InChI=1S/C10H11Cl2N/c1-8(11)6-13-7-9-3-2-4-10(12)5-9/h2-5,13H,1,6-7H2. The fraction of sp³-hybridized carbons (Fsp3) is 0.200. The molecule has 0 atom stereocenters. The van der Waals surface area contributed by atoms with Gasteiger partial charge in [0, 0.05) is 23.1 Å². The molecular formula is C10H11Cl2N. The van der Waals surface area contributed by atoms with Crippen LogP contribution < -0.4 is 5.32 Å². The lowest BCUT2D eigenvalue weighted by molar-refractivity contribution is 0.755. The van der Waals surface area contributed by atoms with Crippen LogP contribution in [0.1, 0.15) is 5.56 Å². The first-order chi connectivity index (χ1) is 6.18. The van der Waals surface area contributed by atoms with Crippen molar-refractivity contribution < 1.29 is 0 Å². The van der Waals surface area contributed by atoms with Crippen molar-refractivity contribution in [2.24, 2.45) is 0 Å². The van der Waals surface area contributed by atoms with Gasteiger partial charge in [0.2, 0.25) is 0 Å². The molecule has 0 fully saturated rings. The molecule has 0 aliphatic heterocycles. The molecule has 0 radical (unpaired) electrons. The lowest BCUT2D eigenvalue weighted by atomic mass is 10.2. The fourth-order valence-electron chi connectivity index (χ4n) is 0.989. The SMILES string of the molecule is C=C(Cl)CNCc1cccc(Cl)c1. The van der Waals surface area contributed by atoms with Crippen LogP contribution in [0.25, 0.3) is 0 Å². The van der Waals surface area contributed by atoms with Crippen molar-refractivity contribution in [3.63, 3.8) is 0 Å².